The molecule has 5 N–H and O–H groups in total. The van der Waals surface area contributed by atoms with Gasteiger partial charge < -0.3 is 21.1 Å². The Hall–Kier alpha value is -10.5. The van der Waals surface area contributed by atoms with Gasteiger partial charge in [-0.3, -0.25) is 40.5 Å². The largest absolute Gasteiger partial charge is 0.508 e. The number of phenols is 3. The van der Waals surface area contributed by atoms with Gasteiger partial charge in [0.15, 0.2) is 49.6 Å². The second-order valence-corrected chi connectivity index (χ2v) is 15.0. The Balaban J connectivity index is 0.000000184. The van der Waals surface area contributed by atoms with E-state index in [1.165, 1.54) is 39.5 Å². The molecule has 0 fully saturated rings. The molecule has 20 heteroatoms. The number of hydrogen-bond donors (Lipinski definition) is 4. The highest BCUT2D eigenvalue weighted by atomic mass is 16.6. The first-order chi connectivity index (χ1) is 33.6. The lowest BCUT2D eigenvalue weighted by molar-refractivity contribution is -0.601. The third kappa shape index (κ3) is 11.7. The molecular formula is C50H39N9O11+4. The van der Waals surface area contributed by atoms with Gasteiger partial charge in [-0.15, -0.1) is 0 Å². The van der Waals surface area contributed by atoms with Gasteiger partial charge >= 0.3 is 11.4 Å². The van der Waals surface area contributed by atoms with E-state index in [0.717, 1.165) is 45.8 Å². The van der Waals surface area contributed by atoms with Crippen molar-refractivity contribution < 1.29 is 53.3 Å². The monoisotopic (exact) mass is 941 g/mol. The van der Waals surface area contributed by atoms with Gasteiger partial charge in [0.05, 0.1) is 31.8 Å². The second kappa shape index (κ2) is 21.2. The number of pyridine rings is 4. The van der Waals surface area contributed by atoms with Crippen LogP contribution in [0.3, 0.4) is 0 Å². The highest BCUT2D eigenvalue weighted by Crippen LogP contribution is 2.27. The maximum atomic E-state index is 11.4. The maximum Gasteiger partial charge on any atom is 0.347 e. The molecule has 0 unspecified atom stereocenters. The summed E-state index contributed by atoms with van der Waals surface area (Å²) in [5.41, 5.74) is 10.0. The van der Waals surface area contributed by atoms with Crippen LogP contribution in [0.4, 0.5) is 28.4 Å². The molecule has 4 heterocycles. The van der Waals surface area contributed by atoms with E-state index in [2.05, 4.69) is 0 Å². The first-order valence-electron chi connectivity index (χ1n) is 20.7. The molecule has 0 saturated carbocycles. The van der Waals surface area contributed by atoms with Crippen molar-refractivity contribution in [3.05, 3.63) is 248 Å². The number of nitro benzene ring substituents is 4. The highest BCUT2D eigenvalue weighted by molar-refractivity contribution is 5.63. The number of hydrogen-bond acceptors (Lipinski definition) is 12. The number of nitrogens with two attached hydrogens (primary N) is 1. The molecule has 346 valence electrons. The van der Waals surface area contributed by atoms with E-state index in [0.29, 0.717) is 5.69 Å². The molecule has 0 amide bonds. The summed E-state index contributed by atoms with van der Waals surface area (Å²) in [6.45, 7) is 0. The summed E-state index contributed by atoms with van der Waals surface area (Å²) >= 11 is 0. The minimum Gasteiger partial charge on any atom is -0.508 e. The number of nitro groups is 4. The van der Waals surface area contributed by atoms with E-state index < -0.39 is 42.4 Å². The fraction of sp³-hybridized carbons (Fsp3) is 0. The summed E-state index contributed by atoms with van der Waals surface area (Å²) in [7, 11) is 0. The topological polar surface area (TPSA) is 275 Å². The average Bonchev–Trinajstić information content (AvgIpc) is 3.36. The Kier molecular flexibility index (Phi) is 14.4. The average molecular weight is 942 g/mol. The van der Waals surface area contributed by atoms with Gasteiger partial charge in [0.2, 0.25) is 11.4 Å². The third-order valence-corrected chi connectivity index (χ3v) is 10.4. The predicted molar refractivity (Wildman–Crippen MR) is 252 cm³/mol. The van der Waals surface area contributed by atoms with Gasteiger partial charge in [-0.2, -0.15) is 18.3 Å². The smallest absolute Gasteiger partial charge is 0.347 e. The lowest BCUT2D eigenvalue weighted by Gasteiger charge is -2.02. The minimum absolute atomic E-state index is 0.147. The molecule has 9 rings (SSSR count). The number of benzene rings is 5. The zero-order valence-corrected chi connectivity index (χ0v) is 36.4. The number of nitrogen functional groups attached to an aromatic ring is 1. The number of nitrogens with zero attached hydrogens (tertiary/aromatic N) is 8. The van der Waals surface area contributed by atoms with Gasteiger partial charge in [0, 0.05) is 96.7 Å². The number of rotatable bonds is 10. The molecule has 0 atom stereocenters. The standard InChI is InChI=1S/C22H14N6O8.C22H16N2O2.C6H7NO/c29-25(30)17-1-3-19(21(13-17)27(33)34)23-9-5-15(6-10-23)16-7-11-24(12-8-16)20-4-2-18(26(31)32)14-22(20)28(35)36;25-21-5-1-3-19(15-21)23-11-7-17(8-12-23)18-9-13-24(14-10-18)20-4-2-6-22(26)16-20;7-5-2-1-3-6(8)4-5/h1-14H;1-16H;1-4,8H,7H2/q+2;;/p+2. The Morgan fingerprint density at radius 3 is 0.943 bits per heavy atom. The van der Waals surface area contributed by atoms with E-state index in [-0.39, 0.29) is 28.6 Å². The Bertz CT molecular complexity index is 3160. The van der Waals surface area contributed by atoms with Crippen LogP contribution in [-0.2, 0) is 0 Å². The van der Waals surface area contributed by atoms with Crippen molar-refractivity contribution in [2.75, 3.05) is 5.73 Å². The normalized spacial score (nSPS) is 10.4. The Labute approximate surface area is 396 Å². The summed E-state index contributed by atoms with van der Waals surface area (Å²) in [5, 5.41) is 72.7. The fourth-order valence-electron chi connectivity index (χ4n) is 6.95. The Morgan fingerprint density at radius 2 is 0.671 bits per heavy atom. The lowest BCUT2D eigenvalue weighted by atomic mass is 10.1. The second-order valence-electron chi connectivity index (χ2n) is 15.0. The van der Waals surface area contributed by atoms with Crippen LogP contribution < -0.4 is 24.0 Å². The molecule has 20 nitrogen and oxygen atoms in total. The van der Waals surface area contributed by atoms with Crippen LogP contribution in [0.25, 0.3) is 45.0 Å². The molecule has 0 aliphatic carbocycles. The number of anilines is 1. The maximum absolute atomic E-state index is 11.4. The summed E-state index contributed by atoms with van der Waals surface area (Å²) in [6.07, 6.45) is 14.1. The summed E-state index contributed by atoms with van der Waals surface area (Å²) in [4.78, 5) is 41.9. The lowest BCUT2D eigenvalue weighted by Crippen LogP contribution is -2.31. The van der Waals surface area contributed by atoms with Crippen LogP contribution in [0.2, 0.25) is 0 Å². The van der Waals surface area contributed by atoms with Crippen LogP contribution in [0.15, 0.2) is 207 Å². The van der Waals surface area contributed by atoms with Crippen LogP contribution in [0.1, 0.15) is 0 Å². The van der Waals surface area contributed by atoms with E-state index in [9.17, 15) is 50.7 Å². The SMILES string of the molecule is Nc1cccc(O)c1.O=[N+]([O-])c1ccc(-[n+]2ccc(-c3cc[n+](-c4ccc([N+](=O)[O-])cc4[N+](=O)[O-])cc3)cc2)c([N+](=O)[O-])c1.Oc1cccc(-[n+]2ccc(-c3cc[n+](-c4cccc(O)c4)cc3)cc2)c1. The van der Waals surface area contributed by atoms with Gasteiger partial charge in [-0.25, -0.2) is 0 Å². The molecule has 5 aromatic carbocycles. The number of aromatic hydroxyl groups is 3. The number of phenolic OH excluding ortho intramolecular Hbond substituents is 3. The van der Waals surface area contributed by atoms with E-state index >= 15 is 0 Å². The minimum atomic E-state index is -0.711. The van der Waals surface area contributed by atoms with Crippen LogP contribution in [0.5, 0.6) is 17.2 Å². The summed E-state index contributed by atoms with van der Waals surface area (Å²) in [5.74, 6) is 0.710. The molecule has 0 spiro atoms. The summed E-state index contributed by atoms with van der Waals surface area (Å²) in [6, 6.07) is 42.4. The summed E-state index contributed by atoms with van der Waals surface area (Å²) < 4.78 is 6.82. The first kappa shape index (κ1) is 47.5. The molecule has 0 radical (unpaired) electrons. The van der Waals surface area contributed by atoms with E-state index in [4.69, 9.17) is 10.8 Å². The van der Waals surface area contributed by atoms with Crippen molar-refractivity contribution in [1.82, 2.24) is 0 Å². The first-order valence-corrected chi connectivity index (χ1v) is 20.7. The van der Waals surface area contributed by atoms with E-state index in [1.54, 1.807) is 91.5 Å². The third-order valence-electron chi connectivity index (χ3n) is 10.4. The van der Waals surface area contributed by atoms with Crippen molar-refractivity contribution in [2.45, 2.75) is 0 Å². The molecule has 0 aliphatic heterocycles. The highest BCUT2D eigenvalue weighted by Gasteiger charge is 2.28. The van der Waals surface area contributed by atoms with Gasteiger partial charge in [0.25, 0.3) is 22.7 Å². The molecule has 4 aromatic heterocycles. The quantitative estimate of drug-likeness (QED) is 0.0442. The zero-order chi connectivity index (χ0) is 49.9. The van der Waals surface area contributed by atoms with Crippen LogP contribution in [-0.4, -0.2) is 35.0 Å². The van der Waals surface area contributed by atoms with Crippen molar-refractivity contribution in [3.8, 4) is 62.3 Å². The molecular weight excluding hydrogens is 903 g/mol. The van der Waals surface area contributed by atoms with Crippen molar-refractivity contribution in [3.63, 3.8) is 0 Å². The molecule has 9 aromatic rings. The van der Waals surface area contributed by atoms with Crippen molar-refractivity contribution in [2.24, 2.45) is 0 Å². The molecule has 70 heavy (non-hydrogen) atoms. The van der Waals surface area contributed by atoms with E-state index in [1.807, 2.05) is 82.5 Å². The molecule has 0 saturated heterocycles. The Morgan fingerprint density at radius 1 is 0.357 bits per heavy atom. The van der Waals surface area contributed by atoms with Crippen LogP contribution in [0, 0.1) is 40.5 Å². The van der Waals surface area contributed by atoms with Crippen LogP contribution >= 0.6 is 0 Å². The predicted octanol–water partition coefficient (Wildman–Crippen LogP) is 7.83. The number of aromatic nitrogens is 4. The zero-order valence-electron chi connectivity index (χ0n) is 36.4. The fourth-order valence-corrected chi connectivity index (χ4v) is 6.95. The van der Waals surface area contributed by atoms with Gasteiger partial charge in [-0.1, -0.05) is 18.2 Å². The van der Waals surface area contributed by atoms with Gasteiger partial charge in [0.1, 0.15) is 29.4 Å². The van der Waals surface area contributed by atoms with Crippen molar-refractivity contribution >= 4 is 28.4 Å². The molecule has 0 aliphatic rings. The molecule has 0 bridgehead atoms. The van der Waals surface area contributed by atoms with Crippen molar-refractivity contribution in [1.29, 1.82) is 0 Å². The van der Waals surface area contributed by atoms with Gasteiger partial charge in [-0.05, 0) is 46.5 Å². The number of non-ortho nitro benzene ring substituents is 2.